The maximum atomic E-state index is 11.3. The highest BCUT2D eigenvalue weighted by Crippen LogP contribution is 2.10. The lowest BCUT2D eigenvalue weighted by Gasteiger charge is -2.19. The van der Waals surface area contributed by atoms with Gasteiger partial charge in [-0.15, -0.1) is 0 Å². The number of Topliss-reactive ketones (excluding diaryl/α,β-unsaturated/α-hetero) is 1. The molecule has 4 nitrogen and oxygen atoms in total. The molecule has 0 aromatic rings. The van der Waals surface area contributed by atoms with Crippen molar-refractivity contribution in [2.24, 2.45) is 0 Å². The zero-order valence-corrected chi connectivity index (χ0v) is 9.38. The summed E-state index contributed by atoms with van der Waals surface area (Å²) in [5, 5.41) is 0. The average molecular weight is 199 g/mol. The fourth-order valence-corrected chi connectivity index (χ4v) is 1.24. The Morgan fingerprint density at radius 2 is 1.71 bits per heavy atom. The summed E-state index contributed by atoms with van der Waals surface area (Å²) in [5.41, 5.74) is 1.19. The molecule has 0 aliphatic heterocycles. The number of carbonyl (C=O) groups excluding carboxylic acids is 2. The Hall–Kier alpha value is -1.32. The first-order valence-corrected chi connectivity index (χ1v) is 4.50. The molecule has 4 heteroatoms. The van der Waals surface area contributed by atoms with Crippen molar-refractivity contribution in [3.05, 3.63) is 11.3 Å². The minimum atomic E-state index is -0.501. The number of rotatable bonds is 3. The molecular formula is C10H17NO3. The van der Waals surface area contributed by atoms with E-state index in [1.165, 1.54) is 18.9 Å². The second kappa shape index (κ2) is 5.42. The van der Waals surface area contributed by atoms with Crippen LogP contribution in [-0.2, 0) is 9.53 Å². The van der Waals surface area contributed by atoms with Gasteiger partial charge in [0, 0.05) is 14.0 Å². The summed E-state index contributed by atoms with van der Waals surface area (Å²) in [4.78, 5) is 23.8. The summed E-state index contributed by atoms with van der Waals surface area (Å²) in [6.07, 6.45) is -0.501. The van der Waals surface area contributed by atoms with Gasteiger partial charge in [-0.05, 0) is 26.3 Å². The third-order valence-corrected chi connectivity index (χ3v) is 1.68. The van der Waals surface area contributed by atoms with Crippen LogP contribution in [0.1, 0.15) is 27.7 Å². The Morgan fingerprint density at radius 3 is 2.00 bits per heavy atom. The van der Waals surface area contributed by atoms with Crippen molar-refractivity contribution in [2.45, 2.75) is 27.7 Å². The summed E-state index contributed by atoms with van der Waals surface area (Å²) in [5.74, 6) is -0.138. The van der Waals surface area contributed by atoms with Gasteiger partial charge in [0.25, 0.3) is 0 Å². The monoisotopic (exact) mass is 199 g/mol. The van der Waals surface area contributed by atoms with E-state index in [9.17, 15) is 9.59 Å². The Morgan fingerprint density at radius 1 is 1.21 bits per heavy atom. The quantitative estimate of drug-likeness (QED) is 0.653. The second-order valence-corrected chi connectivity index (χ2v) is 3.16. The molecule has 0 radical (unpaired) electrons. The molecule has 0 unspecified atom stereocenters. The maximum absolute atomic E-state index is 11.3. The molecule has 0 rings (SSSR count). The number of nitrogens with zero attached hydrogens (tertiary/aromatic N) is 1. The fourth-order valence-electron chi connectivity index (χ4n) is 1.24. The molecule has 0 spiro atoms. The third-order valence-electron chi connectivity index (χ3n) is 1.68. The Balaban J connectivity index is 4.80. The smallest absolute Gasteiger partial charge is 0.414 e. The van der Waals surface area contributed by atoms with E-state index in [4.69, 9.17) is 4.74 Å². The van der Waals surface area contributed by atoms with Crippen molar-refractivity contribution < 1.29 is 14.3 Å². The standard InChI is InChI=1S/C10H17NO3/c1-6-14-10(13)11(5)9(7(2)3)8(4)12/h6H2,1-5H3. The van der Waals surface area contributed by atoms with E-state index in [2.05, 4.69) is 0 Å². The molecule has 80 valence electrons. The normalized spacial score (nSPS) is 9.21. The van der Waals surface area contributed by atoms with E-state index in [-0.39, 0.29) is 5.78 Å². The van der Waals surface area contributed by atoms with Crippen LogP contribution in [-0.4, -0.2) is 30.4 Å². The Kier molecular flexibility index (Phi) is 4.91. The minimum Gasteiger partial charge on any atom is -0.449 e. The Bertz CT molecular complexity index is 265. The maximum Gasteiger partial charge on any atom is 0.414 e. The van der Waals surface area contributed by atoms with E-state index in [1.807, 2.05) is 0 Å². The lowest BCUT2D eigenvalue weighted by atomic mass is 10.2. The van der Waals surface area contributed by atoms with Gasteiger partial charge >= 0.3 is 6.09 Å². The molecule has 0 aromatic carbocycles. The molecule has 0 fully saturated rings. The van der Waals surface area contributed by atoms with Crippen LogP contribution < -0.4 is 0 Å². The van der Waals surface area contributed by atoms with Gasteiger partial charge in [0.15, 0.2) is 5.78 Å². The van der Waals surface area contributed by atoms with Crippen molar-refractivity contribution in [3.8, 4) is 0 Å². The van der Waals surface area contributed by atoms with Gasteiger partial charge in [0.1, 0.15) is 0 Å². The van der Waals surface area contributed by atoms with Crippen LogP contribution in [0.25, 0.3) is 0 Å². The average Bonchev–Trinajstić information content (AvgIpc) is 2.03. The highest BCUT2D eigenvalue weighted by atomic mass is 16.6. The molecule has 0 bridgehead atoms. The van der Waals surface area contributed by atoms with Crippen LogP contribution in [0.4, 0.5) is 4.79 Å². The SMILES string of the molecule is CCOC(=O)N(C)C(C(C)=O)=C(C)C. The number of hydrogen-bond donors (Lipinski definition) is 0. The molecule has 0 N–H and O–H groups in total. The number of allylic oxidation sites excluding steroid dienone is 2. The lowest BCUT2D eigenvalue weighted by Crippen LogP contribution is -2.30. The van der Waals surface area contributed by atoms with Crippen molar-refractivity contribution in [2.75, 3.05) is 13.7 Å². The molecule has 0 aliphatic rings. The van der Waals surface area contributed by atoms with E-state index in [0.717, 1.165) is 5.57 Å². The summed E-state index contributed by atoms with van der Waals surface area (Å²) in [7, 11) is 1.53. The van der Waals surface area contributed by atoms with Crippen LogP contribution in [0.5, 0.6) is 0 Å². The van der Waals surface area contributed by atoms with Gasteiger partial charge in [-0.3, -0.25) is 9.69 Å². The van der Waals surface area contributed by atoms with Crippen LogP contribution >= 0.6 is 0 Å². The largest absolute Gasteiger partial charge is 0.449 e. The summed E-state index contributed by atoms with van der Waals surface area (Å²) < 4.78 is 4.79. The number of ketones is 1. The molecule has 0 saturated heterocycles. The number of ether oxygens (including phenoxy) is 1. The van der Waals surface area contributed by atoms with Gasteiger partial charge in [-0.25, -0.2) is 4.79 Å². The highest BCUT2D eigenvalue weighted by molar-refractivity contribution is 5.96. The predicted octanol–water partition coefficient (Wildman–Crippen LogP) is 1.96. The second-order valence-electron chi connectivity index (χ2n) is 3.16. The van der Waals surface area contributed by atoms with Crippen molar-refractivity contribution in [1.29, 1.82) is 0 Å². The minimum absolute atomic E-state index is 0.138. The first-order valence-electron chi connectivity index (χ1n) is 4.50. The summed E-state index contributed by atoms with van der Waals surface area (Å²) in [6, 6.07) is 0. The molecule has 0 saturated carbocycles. The van der Waals surface area contributed by atoms with Crippen molar-refractivity contribution >= 4 is 11.9 Å². The van der Waals surface area contributed by atoms with Crippen LogP contribution in [0.3, 0.4) is 0 Å². The van der Waals surface area contributed by atoms with E-state index in [1.54, 1.807) is 20.8 Å². The molecule has 0 atom stereocenters. The van der Waals surface area contributed by atoms with Gasteiger partial charge < -0.3 is 4.74 Å². The number of amides is 1. The van der Waals surface area contributed by atoms with Crippen LogP contribution in [0, 0.1) is 0 Å². The van der Waals surface area contributed by atoms with Gasteiger partial charge in [-0.2, -0.15) is 0 Å². The van der Waals surface area contributed by atoms with Crippen LogP contribution in [0.2, 0.25) is 0 Å². The number of likely N-dealkylation sites (N-methyl/N-ethyl adjacent to an activating group) is 1. The van der Waals surface area contributed by atoms with Gasteiger partial charge in [0.2, 0.25) is 0 Å². The van der Waals surface area contributed by atoms with Crippen molar-refractivity contribution in [1.82, 2.24) is 4.90 Å². The molecule has 0 heterocycles. The first-order chi connectivity index (χ1) is 6.41. The third kappa shape index (κ3) is 3.20. The summed E-state index contributed by atoms with van der Waals surface area (Å²) >= 11 is 0. The predicted molar refractivity (Wildman–Crippen MR) is 53.8 cm³/mol. The van der Waals surface area contributed by atoms with E-state index < -0.39 is 6.09 Å². The number of hydrogen-bond acceptors (Lipinski definition) is 3. The van der Waals surface area contributed by atoms with Gasteiger partial charge in [-0.1, -0.05) is 0 Å². The first kappa shape index (κ1) is 12.7. The molecule has 0 aliphatic carbocycles. The zero-order valence-electron chi connectivity index (χ0n) is 9.38. The molecular weight excluding hydrogens is 182 g/mol. The number of carbonyl (C=O) groups is 2. The van der Waals surface area contributed by atoms with E-state index >= 15 is 0 Å². The van der Waals surface area contributed by atoms with Crippen LogP contribution in [0.15, 0.2) is 11.3 Å². The van der Waals surface area contributed by atoms with E-state index in [0.29, 0.717) is 12.3 Å². The molecule has 14 heavy (non-hydrogen) atoms. The fraction of sp³-hybridized carbons (Fsp3) is 0.600. The molecule has 0 aromatic heterocycles. The van der Waals surface area contributed by atoms with Gasteiger partial charge in [0.05, 0.1) is 12.3 Å². The van der Waals surface area contributed by atoms with Crippen molar-refractivity contribution in [3.63, 3.8) is 0 Å². The molecule has 1 amide bonds. The Labute approximate surface area is 84.5 Å². The zero-order chi connectivity index (χ0) is 11.3. The summed E-state index contributed by atoms with van der Waals surface area (Å²) in [6.45, 7) is 7.02. The highest BCUT2D eigenvalue weighted by Gasteiger charge is 2.18. The lowest BCUT2D eigenvalue weighted by molar-refractivity contribution is -0.114. The topological polar surface area (TPSA) is 46.6 Å².